The maximum absolute atomic E-state index is 11.7. The van der Waals surface area contributed by atoms with E-state index in [0.717, 1.165) is 5.56 Å². The van der Waals surface area contributed by atoms with Crippen LogP contribution in [0.1, 0.15) is 5.56 Å². The Balaban J connectivity index is 2.81. The molecule has 0 heterocycles. The van der Waals surface area contributed by atoms with Crippen molar-refractivity contribution in [3.63, 3.8) is 0 Å². The van der Waals surface area contributed by atoms with E-state index in [1.54, 1.807) is 36.4 Å². The summed E-state index contributed by atoms with van der Waals surface area (Å²) in [6.45, 7) is 0. The van der Waals surface area contributed by atoms with Gasteiger partial charge in [0.25, 0.3) is 0 Å². The largest absolute Gasteiger partial charge is 0.399 e. The molecule has 0 aliphatic carbocycles. The first-order valence-corrected chi connectivity index (χ1v) is 7.44. The smallest absolute Gasteiger partial charge is 0.238 e. The molecule has 0 amide bonds. The van der Waals surface area contributed by atoms with Gasteiger partial charge in [-0.25, -0.2) is 13.6 Å². The number of amidine groups is 1. The summed E-state index contributed by atoms with van der Waals surface area (Å²) in [5.74, 6) is 5.08. The topological polar surface area (TPSA) is 151 Å². The SMILES string of the molecule is NN=C(N)c1c(-c2ccc(N)cc2)cccc1S(N)(=O)=O. The molecule has 0 atom stereocenters. The Hall–Kier alpha value is -2.58. The lowest BCUT2D eigenvalue weighted by molar-refractivity contribution is 0.597. The molecule has 8 heteroatoms. The van der Waals surface area contributed by atoms with Crippen molar-refractivity contribution in [1.82, 2.24) is 0 Å². The summed E-state index contributed by atoms with van der Waals surface area (Å²) in [6.07, 6.45) is 0. The van der Waals surface area contributed by atoms with Gasteiger partial charge < -0.3 is 17.3 Å². The number of rotatable bonds is 3. The molecule has 2 aromatic carbocycles. The van der Waals surface area contributed by atoms with E-state index in [9.17, 15) is 8.42 Å². The van der Waals surface area contributed by atoms with Gasteiger partial charge in [0.15, 0.2) is 5.84 Å². The van der Waals surface area contributed by atoms with Gasteiger partial charge in [-0.15, -0.1) is 0 Å². The number of hydrazone groups is 1. The van der Waals surface area contributed by atoms with Crippen molar-refractivity contribution in [1.29, 1.82) is 0 Å². The number of anilines is 1. The minimum atomic E-state index is -3.97. The number of hydrogen-bond donors (Lipinski definition) is 4. The van der Waals surface area contributed by atoms with Crippen LogP contribution in [0.15, 0.2) is 52.5 Å². The third-order valence-electron chi connectivity index (χ3n) is 2.95. The highest BCUT2D eigenvalue weighted by molar-refractivity contribution is 7.89. The number of benzene rings is 2. The minimum Gasteiger partial charge on any atom is -0.399 e. The fourth-order valence-electron chi connectivity index (χ4n) is 2.00. The number of nitrogens with two attached hydrogens (primary N) is 4. The van der Waals surface area contributed by atoms with Crippen molar-refractivity contribution in [3.05, 3.63) is 48.0 Å². The maximum Gasteiger partial charge on any atom is 0.238 e. The number of hydrogen-bond acceptors (Lipinski definition) is 5. The molecule has 8 N–H and O–H groups in total. The summed E-state index contributed by atoms with van der Waals surface area (Å²) in [6, 6.07) is 11.5. The molecule has 0 aliphatic rings. The van der Waals surface area contributed by atoms with E-state index in [4.69, 9.17) is 22.4 Å². The van der Waals surface area contributed by atoms with Gasteiger partial charge in [-0.2, -0.15) is 5.10 Å². The molecule has 2 rings (SSSR count). The summed E-state index contributed by atoms with van der Waals surface area (Å²) in [5, 5.41) is 8.61. The normalized spacial score (nSPS) is 12.3. The second kappa shape index (κ2) is 5.43. The Labute approximate surface area is 122 Å². The lowest BCUT2D eigenvalue weighted by atomic mass is 9.99. The average molecular weight is 305 g/mol. The van der Waals surface area contributed by atoms with Crippen molar-refractivity contribution in [2.24, 2.45) is 21.8 Å². The van der Waals surface area contributed by atoms with E-state index in [1.165, 1.54) is 6.07 Å². The first-order chi connectivity index (χ1) is 9.84. The van der Waals surface area contributed by atoms with E-state index in [2.05, 4.69) is 5.10 Å². The zero-order valence-electron chi connectivity index (χ0n) is 11.0. The first-order valence-electron chi connectivity index (χ1n) is 5.90. The van der Waals surface area contributed by atoms with Crippen LogP contribution in [0.2, 0.25) is 0 Å². The fourth-order valence-corrected chi connectivity index (χ4v) is 2.77. The molecule has 0 bridgehead atoms. The number of sulfonamides is 1. The summed E-state index contributed by atoms with van der Waals surface area (Å²) in [4.78, 5) is -0.136. The highest BCUT2D eigenvalue weighted by atomic mass is 32.2. The second-order valence-corrected chi connectivity index (χ2v) is 5.89. The van der Waals surface area contributed by atoms with Crippen LogP contribution in [-0.4, -0.2) is 14.3 Å². The van der Waals surface area contributed by atoms with Crippen LogP contribution in [-0.2, 0) is 10.0 Å². The van der Waals surface area contributed by atoms with Crippen LogP contribution >= 0.6 is 0 Å². The monoisotopic (exact) mass is 305 g/mol. The molecule has 0 radical (unpaired) electrons. The second-order valence-electron chi connectivity index (χ2n) is 4.36. The predicted molar refractivity (Wildman–Crippen MR) is 82.6 cm³/mol. The van der Waals surface area contributed by atoms with E-state index in [1.807, 2.05) is 0 Å². The van der Waals surface area contributed by atoms with Gasteiger partial charge in [-0.1, -0.05) is 24.3 Å². The number of nitrogen functional groups attached to an aromatic ring is 1. The summed E-state index contributed by atoms with van der Waals surface area (Å²) < 4.78 is 23.4. The van der Waals surface area contributed by atoms with Gasteiger partial charge >= 0.3 is 0 Å². The predicted octanol–water partition coefficient (Wildman–Crippen LogP) is 0.162. The van der Waals surface area contributed by atoms with Gasteiger partial charge in [0.1, 0.15) is 0 Å². The van der Waals surface area contributed by atoms with Crippen LogP contribution in [0.25, 0.3) is 11.1 Å². The number of nitrogens with zero attached hydrogens (tertiary/aromatic N) is 1. The summed E-state index contributed by atoms with van der Waals surface area (Å²) >= 11 is 0. The standard InChI is InChI=1S/C13H15N5O2S/c14-9-6-4-8(5-7-9)10-2-1-3-11(21(17,19)20)12(10)13(15)18-16/h1-7H,14,16H2,(H2,15,18)(H2,17,19,20). The Kier molecular flexibility index (Phi) is 3.83. The van der Waals surface area contributed by atoms with Gasteiger partial charge in [0.2, 0.25) is 10.0 Å². The summed E-state index contributed by atoms with van der Waals surface area (Å²) in [5.41, 5.74) is 13.4. The lowest BCUT2D eigenvalue weighted by Gasteiger charge is -2.13. The zero-order valence-corrected chi connectivity index (χ0v) is 11.8. The third-order valence-corrected chi connectivity index (χ3v) is 3.90. The molecule has 0 spiro atoms. The van der Waals surface area contributed by atoms with E-state index < -0.39 is 10.0 Å². The van der Waals surface area contributed by atoms with Crippen LogP contribution < -0.4 is 22.4 Å². The van der Waals surface area contributed by atoms with Crippen LogP contribution in [0.5, 0.6) is 0 Å². The van der Waals surface area contributed by atoms with E-state index in [0.29, 0.717) is 11.3 Å². The molecule has 21 heavy (non-hydrogen) atoms. The molecule has 0 fully saturated rings. The van der Waals surface area contributed by atoms with Crippen molar-refractivity contribution in [2.45, 2.75) is 4.90 Å². The molecule has 0 saturated heterocycles. The molecule has 0 unspecified atom stereocenters. The van der Waals surface area contributed by atoms with Gasteiger partial charge in [0.05, 0.1) is 4.90 Å². The maximum atomic E-state index is 11.7. The molecule has 0 aromatic heterocycles. The quantitative estimate of drug-likeness (QED) is 0.209. The zero-order chi connectivity index (χ0) is 15.6. The molecule has 7 nitrogen and oxygen atoms in total. The Morgan fingerprint density at radius 1 is 1.05 bits per heavy atom. The Morgan fingerprint density at radius 3 is 2.19 bits per heavy atom. The first kappa shape index (κ1) is 14.8. The third kappa shape index (κ3) is 2.96. The van der Waals surface area contributed by atoms with Gasteiger partial charge in [-0.3, -0.25) is 0 Å². The lowest BCUT2D eigenvalue weighted by Crippen LogP contribution is -2.23. The van der Waals surface area contributed by atoms with E-state index in [-0.39, 0.29) is 16.3 Å². The molecule has 0 aliphatic heterocycles. The van der Waals surface area contributed by atoms with Crippen molar-refractivity contribution >= 4 is 21.5 Å². The Morgan fingerprint density at radius 2 is 1.67 bits per heavy atom. The average Bonchev–Trinajstić information content (AvgIpc) is 2.45. The van der Waals surface area contributed by atoms with Crippen LogP contribution in [0.4, 0.5) is 5.69 Å². The highest BCUT2D eigenvalue weighted by Crippen LogP contribution is 2.28. The molecule has 0 saturated carbocycles. The Bertz CT molecular complexity index is 798. The minimum absolute atomic E-state index is 0.119. The highest BCUT2D eigenvalue weighted by Gasteiger charge is 2.20. The van der Waals surface area contributed by atoms with Crippen molar-refractivity contribution in [3.8, 4) is 11.1 Å². The fraction of sp³-hybridized carbons (Fsp3) is 0. The van der Waals surface area contributed by atoms with Crippen LogP contribution in [0.3, 0.4) is 0 Å². The van der Waals surface area contributed by atoms with Gasteiger partial charge in [0, 0.05) is 11.3 Å². The molecular weight excluding hydrogens is 290 g/mol. The molecule has 2 aromatic rings. The molecular formula is C13H15N5O2S. The van der Waals surface area contributed by atoms with E-state index >= 15 is 0 Å². The van der Waals surface area contributed by atoms with Crippen molar-refractivity contribution in [2.75, 3.05) is 5.73 Å². The van der Waals surface area contributed by atoms with Crippen molar-refractivity contribution < 1.29 is 8.42 Å². The van der Waals surface area contributed by atoms with Gasteiger partial charge in [-0.05, 0) is 29.3 Å². The molecule has 110 valence electrons. The van der Waals surface area contributed by atoms with Crippen LogP contribution in [0, 0.1) is 0 Å². The number of primary sulfonamides is 1. The summed E-state index contributed by atoms with van der Waals surface area (Å²) in [7, 11) is -3.97.